The Morgan fingerprint density at radius 2 is 1.94 bits per heavy atom. The van der Waals surface area contributed by atoms with E-state index in [1.54, 1.807) is 11.3 Å². The lowest BCUT2D eigenvalue weighted by atomic mass is 9.85. The van der Waals surface area contributed by atoms with Crippen molar-refractivity contribution in [2.45, 2.75) is 64.4 Å². The topological polar surface area (TPSA) is 22.1 Å². The first kappa shape index (κ1) is 14.0. The highest BCUT2D eigenvalue weighted by Crippen LogP contribution is 2.38. The fourth-order valence-electron chi connectivity index (χ4n) is 2.69. The van der Waals surface area contributed by atoms with Crippen molar-refractivity contribution >= 4 is 11.3 Å². The zero-order valence-electron chi connectivity index (χ0n) is 12.0. The monoisotopic (exact) mass is 267 g/mol. The summed E-state index contributed by atoms with van der Waals surface area (Å²) in [4.78, 5) is 4.82. The number of ether oxygens (including phenoxy) is 1. The lowest BCUT2D eigenvalue weighted by Gasteiger charge is -2.27. The van der Waals surface area contributed by atoms with Crippen LogP contribution in [0.3, 0.4) is 0 Å². The van der Waals surface area contributed by atoms with E-state index in [0.717, 1.165) is 0 Å². The summed E-state index contributed by atoms with van der Waals surface area (Å²) in [6.07, 6.45) is 6.89. The normalized spacial score (nSPS) is 20.0. The summed E-state index contributed by atoms with van der Waals surface area (Å²) in [6.45, 7) is 6.65. The van der Waals surface area contributed by atoms with Gasteiger partial charge in [-0.25, -0.2) is 4.98 Å². The Morgan fingerprint density at radius 1 is 1.28 bits per heavy atom. The van der Waals surface area contributed by atoms with Gasteiger partial charge in [0, 0.05) is 17.9 Å². The summed E-state index contributed by atoms with van der Waals surface area (Å²) < 4.78 is 5.75. The van der Waals surface area contributed by atoms with Gasteiger partial charge in [0.2, 0.25) is 0 Å². The molecule has 1 heterocycles. The van der Waals surface area contributed by atoms with E-state index < -0.39 is 0 Å². The van der Waals surface area contributed by atoms with Gasteiger partial charge in [-0.2, -0.15) is 0 Å². The van der Waals surface area contributed by atoms with Crippen LogP contribution in [0.25, 0.3) is 0 Å². The molecular weight excluding hydrogens is 242 g/mol. The van der Waals surface area contributed by atoms with E-state index in [1.807, 2.05) is 7.11 Å². The maximum atomic E-state index is 5.75. The number of aromatic nitrogens is 1. The fourth-order valence-corrected chi connectivity index (χ4v) is 3.91. The Balaban J connectivity index is 2.14. The van der Waals surface area contributed by atoms with Crippen LogP contribution in [0.5, 0.6) is 0 Å². The van der Waals surface area contributed by atoms with Crippen LogP contribution < -0.4 is 0 Å². The van der Waals surface area contributed by atoms with Crippen molar-refractivity contribution in [3.8, 4) is 0 Å². The molecule has 2 nitrogen and oxygen atoms in total. The SMILES string of the molecule is COC(c1nc(C(C)(C)C)cs1)C1CCCCC1. The molecule has 0 aromatic carbocycles. The predicted molar refractivity (Wildman–Crippen MR) is 77.1 cm³/mol. The van der Waals surface area contributed by atoms with Crippen molar-refractivity contribution in [2.24, 2.45) is 5.92 Å². The van der Waals surface area contributed by atoms with Crippen molar-refractivity contribution in [2.75, 3.05) is 7.11 Å². The van der Waals surface area contributed by atoms with E-state index in [9.17, 15) is 0 Å². The predicted octanol–water partition coefficient (Wildman–Crippen LogP) is 4.71. The highest BCUT2D eigenvalue weighted by Gasteiger charge is 2.28. The Kier molecular flexibility index (Phi) is 4.44. The lowest BCUT2D eigenvalue weighted by Crippen LogP contribution is -2.18. The van der Waals surface area contributed by atoms with Crippen molar-refractivity contribution in [3.63, 3.8) is 0 Å². The number of thiazole rings is 1. The molecule has 0 saturated heterocycles. The van der Waals surface area contributed by atoms with Crippen molar-refractivity contribution in [3.05, 3.63) is 16.1 Å². The second kappa shape index (κ2) is 5.70. The molecule has 0 radical (unpaired) electrons. The molecule has 1 aliphatic rings. The number of rotatable bonds is 3. The maximum absolute atomic E-state index is 5.75. The molecule has 0 spiro atoms. The van der Waals surface area contributed by atoms with Gasteiger partial charge in [0.25, 0.3) is 0 Å². The van der Waals surface area contributed by atoms with Gasteiger partial charge in [0.1, 0.15) is 11.1 Å². The molecule has 0 bridgehead atoms. The molecule has 0 aliphatic heterocycles. The first-order valence-corrected chi connectivity index (χ1v) is 7.89. The van der Waals surface area contributed by atoms with Gasteiger partial charge in [0.15, 0.2) is 0 Å². The summed E-state index contributed by atoms with van der Waals surface area (Å²) >= 11 is 1.77. The molecule has 1 saturated carbocycles. The van der Waals surface area contributed by atoms with Crippen LogP contribution in [0.4, 0.5) is 0 Å². The third-order valence-corrected chi connectivity index (χ3v) is 4.77. The van der Waals surface area contributed by atoms with Gasteiger partial charge in [0.05, 0.1) is 5.69 Å². The van der Waals surface area contributed by atoms with Crippen LogP contribution in [0.15, 0.2) is 5.38 Å². The highest BCUT2D eigenvalue weighted by molar-refractivity contribution is 7.09. The van der Waals surface area contributed by atoms with Gasteiger partial charge in [-0.05, 0) is 18.8 Å². The number of hydrogen-bond acceptors (Lipinski definition) is 3. The fraction of sp³-hybridized carbons (Fsp3) is 0.800. The molecule has 18 heavy (non-hydrogen) atoms. The number of nitrogens with zero attached hydrogens (tertiary/aromatic N) is 1. The van der Waals surface area contributed by atoms with Crippen LogP contribution in [-0.2, 0) is 10.2 Å². The average molecular weight is 267 g/mol. The van der Waals surface area contributed by atoms with Crippen molar-refractivity contribution in [1.29, 1.82) is 0 Å². The Bertz CT molecular complexity index is 374. The second-order valence-corrected chi connectivity index (χ2v) is 7.27. The standard InChI is InChI=1S/C15H25NOS/c1-15(2,3)12-10-18-14(16-12)13(17-4)11-8-6-5-7-9-11/h10-11,13H,5-9H2,1-4H3. The molecule has 1 atom stereocenters. The quantitative estimate of drug-likeness (QED) is 0.791. The third kappa shape index (κ3) is 3.12. The first-order chi connectivity index (χ1) is 8.52. The summed E-state index contributed by atoms with van der Waals surface area (Å²) in [5.41, 5.74) is 1.33. The largest absolute Gasteiger partial charge is 0.374 e. The molecule has 102 valence electrons. The van der Waals surface area contributed by atoms with E-state index in [2.05, 4.69) is 26.2 Å². The Labute approximate surface area is 115 Å². The van der Waals surface area contributed by atoms with E-state index in [1.165, 1.54) is 42.8 Å². The molecule has 1 unspecified atom stereocenters. The van der Waals surface area contributed by atoms with Crippen LogP contribution in [0.1, 0.15) is 69.7 Å². The molecule has 1 aromatic rings. The Morgan fingerprint density at radius 3 is 2.44 bits per heavy atom. The summed E-state index contributed by atoms with van der Waals surface area (Å²) in [5.74, 6) is 0.669. The summed E-state index contributed by atoms with van der Waals surface area (Å²) in [7, 11) is 1.83. The minimum absolute atomic E-state index is 0.138. The molecular formula is C15H25NOS. The van der Waals surface area contributed by atoms with Crippen LogP contribution in [0.2, 0.25) is 0 Å². The van der Waals surface area contributed by atoms with E-state index >= 15 is 0 Å². The van der Waals surface area contributed by atoms with Crippen molar-refractivity contribution in [1.82, 2.24) is 4.98 Å². The van der Waals surface area contributed by atoms with Crippen LogP contribution >= 0.6 is 11.3 Å². The van der Waals surface area contributed by atoms with E-state index in [0.29, 0.717) is 5.92 Å². The zero-order valence-corrected chi connectivity index (χ0v) is 12.8. The third-order valence-electron chi connectivity index (χ3n) is 3.87. The summed E-state index contributed by atoms with van der Waals surface area (Å²) in [5, 5.41) is 3.37. The summed E-state index contributed by atoms with van der Waals surface area (Å²) in [6, 6.07) is 0. The van der Waals surface area contributed by atoms with Gasteiger partial charge >= 0.3 is 0 Å². The van der Waals surface area contributed by atoms with Crippen LogP contribution in [0, 0.1) is 5.92 Å². The number of hydrogen-bond donors (Lipinski definition) is 0. The molecule has 3 heteroatoms. The highest BCUT2D eigenvalue weighted by atomic mass is 32.1. The lowest BCUT2D eigenvalue weighted by molar-refractivity contribution is 0.0350. The first-order valence-electron chi connectivity index (χ1n) is 7.01. The van der Waals surface area contributed by atoms with Gasteiger partial charge < -0.3 is 4.74 Å². The minimum Gasteiger partial charge on any atom is -0.374 e. The second-order valence-electron chi connectivity index (χ2n) is 6.38. The minimum atomic E-state index is 0.138. The van der Waals surface area contributed by atoms with E-state index in [4.69, 9.17) is 9.72 Å². The van der Waals surface area contributed by atoms with E-state index in [-0.39, 0.29) is 11.5 Å². The molecule has 0 N–H and O–H groups in total. The average Bonchev–Trinajstić information content (AvgIpc) is 2.81. The molecule has 1 aliphatic carbocycles. The molecule has 2 rings (SSSR count). The van der Waals surface area contributed by atoms with Gasteiger partial charge in [-0.3, -0.25) is 0 Å². The number of methoxy groups -OCH3 is 1. The maximum Gasteiger partial charge on any atom is 0.122 e. The smallest absolute Gasteiger partial charge is 0.122 e. The molecule has 0 amide bonds. The van der Waals surface area contributed by atoms with Crippen molar-refractivity contribution < 1.29 is 4.74 Å². The zero-order chi connectivity index (χ0) is 13.2. The molecule has 1 aromatic heterocycles. The van der Waals surface area contributed by atoms with Gasteiger partial charge in [-0.15, -0.1) is 11.3 Å². The van der Waals surface area contributed by atoms with Gasteiger partial charge in [-0.1, -0.05) is 40.0 Å². The molecule has 1 fully saturated rings. The Hall–Kier alpha value is -0.410. The van der Waals surface area contributed by atoms with Crippen LogP contribution in [-0.4, -0.2) is 12.1 Å².